The minimum absolute atomic E-state index is 0.179. The summed E-state index contributed by atoms with van der Waals surface area (Å²) < 4.78 is 25.0. The van der Waals surface area contributed by atoms with E-state index in [1.165, 1.54) is 5.56 Å². The van der Waals surface area contributed by atoms with Gasteiger partial charge in [0.15, 0.2) is 9.84 Å². The fourth-order valence-electron chi connectivity index (χ4n) is 2.55. The second-order valence-corrected chi connectivity index (χ2v) is 8.76. The van der Waals surface area contributed by atoms with E-state index in [9.17, 15) is 8.42 Å². The van der Waals surface area contributed by atoms with Crippen LogP contribution >= 0.6 is 0 Å². The van der Waals surface area contributed by atoms with Crippen LogP contribution in [0.5, 0.6) is 0 Å². The van der Waals surface area contributed by atoms with Crippen LogP contribution in [0.3, 0.4) is 0 Å². The summed E-state index contributed by atoms with van der Waals surface area (Å²) in [4.78, 5) is 0. The third-order valence-electron chi connectivity index (χ3n) is 3.95. The number of nitrogens with zero attached hydrogens (tertiary/aromatic N) is 2. The van der Waals surface area contributed by atoms with Gasteiger partial charge in [-0.15, -0.1) is 0 Å². The van der Waals surface area contributed by atoms with Crippen LogP contribution in [0.4, 0.5) is 0 Å². The lowest BCUT2D eigenvalue weighted by atomic mass is 10.1. The molecule has 0 amide bonds. The minimum atomic E-state index is -2.92. The predicted molar refractivity (Wildman–Crippen MR) is 97.9 cm³/mol. The highest BCUT2D eigenvalue weighted by Gasteiger charge is 2.13. The molecule has 132 valence electrons. The summed E-state index contributed by atoms with van der Waals surface area (Å²) in [5, 5.41) is 7.94. The molecule has 0 aliphatic rings. The van der Waals surface area contributed by atoms with Gasteiger partial charge in [0.05, 0.1) is 18.0 Å². The van der Waals surface area contributed by atoms with Gasteiger partial charge in [-0.3, -0.25) is 4.68 Å². The molecule has 0 saturated carbocycles. The number of rotatable bonds is 9. The first-order chi connectivity index (χ1) is 11.4. The van der Waals surface area contributed by atoms with E-state index in [-0.39, 0.29) is 11.5 Å². The van der Waals surface area contributed by atoms with Crippen LogP contribution in [0.15, 0.2) is 36.5 Å². The molecular formula is C18H27N3O2S. The lowest BCUT2D eigenvalue weighted by molar-refractivity contribution is 0.591. The monoisotopic (exact) mass is 349 g/mol. The second-order valence-electron chi connectivity index (χ2n) is 6.29. The third-order valence-corrected chi connectivity index (χ3v) is 5.66. The van der Waals surface area contributed by atoms with Crippen LogP contribution in [-0.2, 0) is 22.9 Å². The van der Waals surface area contributed by atoms with Gasteiger partial charge in [0, 0.05) is 30.6 Å². The van der Waals surface area contributed by atoms with Gasteiger partial charge in [-0.25, -0.2) is 8.42 Å². The van der Waals surface area contributed by atoms with Crippen molar-refractivity contribution < 1.29 is 8.42 Å². The molecule has 6 heteroatoms. The average molecular weight is 350 g/mol. The molecule has 1 aromatic heterocycles. The highest BCUT2D eigenvalue weighted by Crippen LogP contribution is 2.18. The van der Waals surface area contributed by atoms with Gasteiger partial charge in [-0.2, -0.15) is 5.10 Å². The zero-order chi connectivity index (χ0) is 17.6. The number of hydrogen-bond donors (Lipinski definition) is 1. The highest BCUT2D eigenvalue weighted by atomic mass is 32.2. The van der Waals surface area contributed by atoms with Crippen molar-refractivity contribution >= 4 is 9.84 Å². The van der Waals surface area contributed by atoms with E-state index in [1.54, 1.807) is 6.92 Å². The first-order valence-electron chi connectivity index (χ1n) is 8.42. The number of aromatic nitrogens is 2. The largest absolute Gasteiger partial charge is 0.312 e. The van der Waals surface area contributed by atoms with Gasteiger partial charge in [0.2, 0.25) is 0 Å². The van der Waals surface area contributed by atoms with Crippen molar-refractivity contribution in [3.8, 4) is 0 Å². The summed E-state index contributed by atoms with van der Waals surface area (Å²) in [5.74, 6) is 0.706. The summed E-state index contributed by atoms with van der Waals surface area (Å²) in [6.07, 6.45) is 2.06. The SMILES string of the molecule is CCS(=O)(=O)CCNCc1cn(Cc2ccccc2)nc1C(C)C. The topological polar surface area (TPSA) is 64.0 Å². The van der Waals surface area contributed by atoms with Gasteiger partial charge in [-0.05, 0) is 11.5 Å². The minimum Gasteiger partial charge on any atom is -0.312 e. The predicted octanol–water partition coefficient (Wildman–Crippen LogP) is 2.58. The summed E-state index contributed by atoms with van der Waals surface area (Å²) in [6, 6.07) is 10.2. The van der Waals surface area contributed by atoms with Crippen LogP contribution in [0.25, 0.3) is 0 Å². The quantitative estimate of drug-likeness (QED) is 0.707. The Morgan fingerprint density at radius 1 is 1.21 bits per heavy atom. The highest BCUT2D eigenvalue weighted by molar-refractivity contribution is 7.91. The molecule has 0 bridgehead atoms. The summed E-state index contributed by atoms with van der Waals surface area (Å²) in [6.45, 7) is 7.78. The molecule has 2 rings (SSSR count). The van der Waals surface area contributed by atoms with E-state index in [0.717, 1.165) is 17.8 Å². The Bertz CT molecular complexity index is 737. The second kappa shape index (κ2) is 8.44. The van der Waals surface area contributed by atoms with Gasteiger partial charge in [-0.1, -0.05) is 51.1 Å². The Kier molecular flexibility index (Phi) is 6.57. The van der Waals surface area contributed by atoms with Crippen LogP contribution in [0.2, 0.25) is 0 Å². The van der Waals surface area contributed by atoms with Crippen molar-refractivity contribution in [2.24, 2.45) is 0 Å². The van der Waals surface area contributed by atoms with E-state index in [2.05, 4.69) is 37.5 Å². The Balaban J connectivity index is 2.00. The molecule has 1 aromatic carbocycles. The van der Waals surface area contributed by atoms with Crippen LogP contribution in [0.1, 0.15) is 43.5 Å². The molecule has 0 aliphatic heterocycles. The van der Waals surface area contributed by atoms with Crippen molar-refractivity contribution in [3.05, 3.63) is 53.3 Å². The van der Waals surface area contributed by atoms with E-state index in [4.69, 9.17) is 5.10 Å². The van der Waals surface area contributed by atoms with E-state index >= 15 is 0 Å². The molecule has 0 aliphatic carbocycles. The first-order valence-corrected chi connectivity index (χ1v) is 10.2. The number of nitrogens with one attached hydrogen (secondary N) is 1. The average Bonchev–Trinajstić information content (AvgIpc) is 2.95. The maximum absolute atomic E-state index is 11.5. The Labute approximate surface area is 145 Å². The van der Waals surface area contributed by atoms with E-state index < -0.39 is 9.84 Å². The van der Waals surface area contributed by atoms with Crippen molar-refractivity contribution in [2.45, 2.75) is 39.8 Å². The molecule has 0 fully saturated rings. The number of sulfone groups is 1. The Morgan fingerprint density at radius 2 is 1.92 bits per heavy atom. The number of hydrogen-bond acceptors (Lipinski definition) is 4. The first kappa shape index (κ1) is 18.7. The van der Waals surface area contributed by atoms with Crippen molar-refractivity contribution in [2.75, 3.05) is 18.1 Å². The summed E-state index contributed by atoms with van der Waals surface area (Å²) in [5.41, 5.74) is 3.41. The molecule has 0 saturated heterocycles. The summed E-state index contributed by atoms with van der Waals surface area (Å²) in [7, 11) is -2.92. The fraction of sp³-hybridized carbons (Fsp3) is 0.500. The zero-order valence-electron chi connectivity index (χ0n) is 14.7. The van der Waals surface area contributed by atoms with Gasteiger partial charge < -0.3 is 5.32 Å². The molecule has 0 atom stereocenters. The van der Waals surface area contributed by atoms with Crippen LogP contribution in [-0.4, -0.2) is 36.2 Å². The summed E-state index contributed by atoms with van der Waals surface area (Å²) >= 11 is 0. The molecule has 0 unspecified atom stereocenters. The molecule has 5 nitrogen and oxygen atoms in total. The molecule has 2 aromatic rings. The Morgan fingerprint density at radius 3 is 2.54 bits per heavy atom. The van der Waals surface area contributed by atoms with E-state index in [1.807, 2.05) is 22.9 Å². The molecule has 1 heterocycles. The maximum atomic E-state index is 11.5. The molecule has 0 spiro atoms. The molecular weight excluding hydrogens is 322 g/mol. The van der Waals surface area contributed by atoms with Crippen LogP contribution in [0, 0.1) is 0 Å². The number of benzene rings is 1. The standard InChI is InChI=1S/C18H27N3O2S/c1-4-24(22,23)11-10-19-12-17-14-21(20-18(17)15(2)3)13-16-8-6-5-7-9-16/h5-9,14-15,19H,4,10-13H2,1-3H3. The molecule has 0 radical (unpaired) electrons. The lowest BCUT2D eigenvalue weighted by Gasteiger charge is -2.07. The van der Waals surface area contributed by atoms with Gasteiger partial charge >= 0.3 is 0 Å². The van der Waals surface area contributed by atoms with E-state index in [0.29, 0.717) is 19.0 Å². The van der Waals surface area contributed by atoms with Gasteiger partial charge in [0.1, 0.15) is 0 Å². The zero-order valence-corrected chi connectivity index (χ0v) is 15.5. The Hall–Kier alpha value is -1.66. The van der Waals surface area contributed by atoms with Crippen molar-refractivity contribution in [3.63, 3.8) is 0 Å². The van der Waals surface area contributed by atoms with Crippen LogP contribution < -0.4 is 5.32 Å². The third kappa shape index (κ3) is 5.46. The lowest BCUT2D eigenvalue weighted by Crippen LogP contribution is -2.23. The smallest absolute Gasteiger partial charge is 0.151 e. The molecule has 1 N–H and O–H groups in total. The van der Waals surface area contributed by atoms with Gasteiger partial charge in [0.25, 0.3) is 0 Å². The molecule has 24 heavy (non-hydrogen) atoms. The van der Waals surface area contributed by atoms with Crippen molar-refractivity contribution in [1.29, 1.82) is 0 Å². The normalized spacial score (nSPS) is 12.0. The maximum Gasteiger partial charge on any atom is 0.151 e. The van der Waals surface area contributed by atoms with Crippen molar-refractivity contribution in [1.82, 2.24) is 15.1 Å². The fourth-order valence-corrected chi connectivity index (χ4v) is 3.29.